The molecule has 0 saturated heterocycles. The van der Waals surface area contributed by atoms with Crippen molar-refractivity contribution in [1.82, 2.24) is 25.0 Å². The van der Waals surface area contributed by atoms with Crippen molar-refractivity contribution in [3.63, 3.8) is 0 Å². The van der Waals surface area contributed by atoms with Crippen LogP contribution in [0.4, 0.5) is 0 Å². The average molecular weight is 901 g/mol. The predicted octanol–water partition coefficient (Wildman–Crippen LogP) is 3.46. The van der Waals surface area contributed by atoms with Gasteiger partial charge in [0.1, 0.15) is 5.41 Å². The molecule has 4 rings (SSSR count). The molecule has 19 heteroatoms. The van der Waals surface area contributed by atoms with Gasteiger partial charge in [-0.3, -0.25) is 9.59 Å². The van der Waals surface area contributed by atoms with E-state index >= 15 is 0 Å². The molecule has 1 unspecified atom stereocenters. The van der Waals surface area contributed by atoms with Crippen LogP contribution >= 0.6 is 23.2 Å². The van der Waals surface area contributed by atoms with Crippen LogP contribution in [0.3, 0.4) is 0 Å². The minimum Gasteiger partial charge on any atom is -0.378 e. The second-order valence-electron chi connectivity index (χ2n) is 14.5. The number of likely N-dealkylation sites (N-methyl/N-ethyl adjacent to an activating group) is 1. The molecule has 0 radical (unpaired) electrons. The van der Waals surface area contributed by atoms with Crippen molar-refractivity contribution in [3.05, 3.63) is 93.0 Å². The van der Waals surface area contributed by atoms with Gasteiger partial charge in [-0.15, -0.1) is 0 Å². The van der Waals surface area contributed by atoms with Crippen molar-refractivity contribution in [2.45, 2.75) is 43.0 Å². The van der Waals surface area contributed by atoms with Gasteiger partial charge in [-0.05, 0) is 86.5 Å². The Bertz CT molecular complexity index is 2090. The Morgan fingerprint density at radius 1 is 0.712 bits per heavy atom. The van der Waals surface area contributed by atoms with Gasteiger partial charge in [0, 0.05) is 55.2 Å². The SMILES string of the molecule is Cc1cccc(S(=O)(=O)NCCOCCOCCNC(=O)C(C)(C)C(=O)NCCOCCOCCNS(=O)(=O)c2cccc(C3CN(C)Cc4c(Cl)cc(Cl)cc43)c2)c1. The molecule has 3 aromatic rings. The van der Waals surface area contributed by atoms with E-state index in [2.05, 4.69) is 25.0 Å². The summed E-state index contributed by atoms with van der Waals surface area (Å²) >= 11 is 12.8. The molecular weight excluding hydrogens is 846 g/mol. The van der Waals surface area contributed by atoms with E-state index in [9.17, 15) is 26.4 Å². The summed E-state index contributed by atoms with van der Waals surface area (Å²) < 4.78 is 77.8. The molecule has 1 atom stereocenters. The van der Waals surface area contributed by atoms with Crippen LogP contribution in [-0.4, -0.2) is 126 Å². The number of hydrogen-bond donors (Lipinski definition) is 4. The second-order valence-corrected chi connectivity index (χ2v) is 18.9. The summed E-state index contributed by atoms with van der Waals surface area (Å²) in [4.78, 5) is 27.8. The number of carbonyl (C=O) groups excluding carboxylic acids is 2. The number of aryl methyl sites for hydroxylation is 1. The molecule has 59 heavy (non-hydrogen) atoms. The molecular formula is C40H55Cl2N5O10S2. The van der Waals surface area contributed by atoms with Crippen LogP contribution in [0, 0.1) is 12.3 Å². The fourth-order valence-corrected chi connectivity index (χ4v) is 8.89. The predicted molar refractivity (Wildman–Crippen MR) is 226 cm³/mol. The van der Waals surface area contributed by atoms with Crippen molar-refractivity contribution >= 4 is 55.1 Å². The van der Waals surface area contributed by atoms with Gasteiger partial charge in [-0.1, -0.05) is 47.5 Å². The molecule has 0 saturated carbocycles. The third-order valence-corrected chi connectivity index (χ3v) is 12.9. The maximum atomic E-state index is 13.1. The summed E-state index contributed by atoms with van der Waals surface area (Å²) in [6, 6.07) is 17.1. The van der Waals surface area contributed by atoms with Gasteiger partial charge < -0.3 is 34.5 Å². The number of fused-ring (bicyclic) bond motifs is 1. The van der Waals surface area contributed by atoms with E-state index in [0.717, 1.165) is 22.3 Å². The van der Waals surface area contributed by atoms with Gasteiger partial charge in [-0.25, -0.2) is 26.3 Å². The van der Waals surface area contributed by atoms with Crippen molar-refractivity contribution in [2.24, 2.45) is 5.41 Å². The van der Waals surface area contributed by atoms with Gasteiger partial charge in [0.25, 0.3) is 0 Å². The zero-order valence-corrected chi connectivity index (χ0v) is 37.0. The van der Waals surface area contributed by atoms with Gasteiger partial charge in [0.05, 0.1) is 62.6 Å². The number of halogens is 2. The summed E-state index contributed by atoms with van der Waals surface area (Å²) in [5, 5.41) is 6.50. The summed E-state index contributed by atoms with van der Waals surface area (Å²) in [5.74, 6) is -1.03. The molecule has 0 aliphatic carbocycles. The maximum Gasteiger partial charge on any atom is 0.240 e. The zero-order chi connectivity index (χ0) is 43.1. The van der Waals surface area contributed by atoms with Crippen LogP contribution in [-0.2, 0) is 55.1 Å². The molecule has 4 N–H and O–H groups in total. The van der Waals surface area contributed by atoms with Crippen molar-refractivity contribution < 1.29 is 45.4 Å². The van der Waals surface area contributed by atoms with E-state index in [1.807, 2.05) is 32.2 Å². The molecule has 15 nitrogen and oxygen atoms in total. The van der Waals surface area contributed by atoms with Gasteiger partial charge >= 0.3 is 0 Å². The average Bonchev–Trinajstić information content (AvgIpc) is 3.19. The third-order valence-electron chi connectivity index (χ3n) is 9.38. The maximum absolute atomic E-state index is 13.1. The molecule has 0 spiro atoms. The number of hydrogen-bond acceptors (Lipinski definition) is 11. The molecule has 2 amide bonds. The Morgan fingerprint density at radius 3 is 1.73 bits per heavy atom. The molecule has 1 aliphatic rings. The van der Waals surface area contributed by atoms with Gasteiger partial charge in [0.2, 0.25) is 31.9 Å². The lowest BCUT2D eigenvalue weighted by atomic mass is 9.85. The highest BCUT2D eigenvalue weighted by Crippen LogP contribution is 2.38. The van der Waals surface area contributed by atoms with E-state index < -0.39 is 37.3 Å². The monoisotopic (exact) mass is 899 g/mol. The van der Waals surface area contributed by atoms with Crippen LogP contribution in [0.15, 0.2) is 70.5 Å². The standard InChI is InChI=1S/C40H55Cl2N5O10S2/c1-29-7-5-9-32(23-29)58(50,51)45-13-17-56-21-19-54-15-11-43-38(48)40(2,3)39(49)44-12-16-55-20-22-57-18-14-46-59(52,53)33-10-6-8-30(24-33)35-27-47(4)28-36-34(35)25-31(41)26-37(36)42/h5-10,23-26,35,45-46H,11-22,27-28H2,1-4H3,(H,43,48)(H,44,49). The zero-order valence-electron chi connectivity index (χ0n) is 33.9. The lowest BCUT2D eigenvalue weighted by Gasteiger charge is -2.33. The van der Waals surface area contributed by atoms with Crippen LogP contribution in [0.2, 0.25) is 10.0 Å². The summed E-state index contributed by atoms with van der Waals surface area (Å²) in [6.07, 6.45) is 0. The fourth-order valence-electron chi connectivity index (χ4n) is 6.14. The number of sulfonamides is 2. The van der Waals surface area contributed by atoms with Crippen LogP contribution in [0.1, 0.15) is 42.0 Å². The van der Waals surface area contributed by atoms with Crippen LogP contribution in [0.5, 0.6) is 0 Å². The first-order chi connectivity index (χ1) is 28.0. The molecule has 0 bridgehead atoms. The van der Waals surface area contributed by atoms with E-state index in [-0.39, 0.29) is 94.7 Å². The second kappa shape index (κ2) is 23.1. The molecule has 3 aromatic carbocycles. The number of ether oxygens (including phenoxy) is 4. The topological polar surface area (TPSA) is 191 Å². The molecule has 0 aromatic heterocycles. The van der Waals surface area contributed by atoms with Crippen molar-refractivity contribution in [1.29, 1.82) is 0 Å². The molecule has 1 heterocycles. The summed E-state index contributed by atoms with van der Waals surface area (Å²) in [5.41, 5.74) is 2.32. The lowest BCUT2D eigenvalue weighted by molar-refractivity contribution is -0.141. The van der Waals surface area contributed by atoms with Crippen molar-refractivity contribution in [2.75, 3.05) is 92.6 Å². The number of amides is 2. The third kappa shape index (κ3) is 15.0. The number of rotatable bonds is 25. The van der Waals surface area contributed by atoms with E-state index in [4.69, 9.17) is 42.1 Å². The first-order valence-electron chi connectivity index (χ1n) is 19.2. The van der Waals surface area contributed by atoms with Crippen LogP contribution < -0.4 is 20.1 Å². The molecule has 0 fully saturated rings. The van der Waals surface area contributed by atoms with E-state index in [1.54, 1.807) is 36.4 Å². The Kier molecular flexibility index (Phi) is 19.0. The Hall–Kier alpha value is -3.20. The Morgan fingerprint density at radius 2 is 1.20 bits per heavy atom. The quantitative estimate of drug-likeness (QED) is 0.0720. The summed E-state index contributed by atoms with van der Waals surface area (Å²) in [6.45, 7) is 8.33. The summed E-state index contributed by atoms with van der Waals surface area (Å²) in [7, 11) is -5.42. The highest BCUT2D eigenvalue weighted by molar-refractivity contribution is 7.89. The smallest absolute Gasteiger partial charge is 0.240 e. The Balaban J connectivity index is 1.02. The first-order valence-corrected chi connectivity index (χ1v) is 22.9. The minimum atomic E-state index is -3.81. The number of benzene rings is 3. The highest BCUT2D eigenvalue weighted by Gasteiger charge is 2.35. The number of nitrogens with zero attached hydrogens (tertiary/aromatic N) is 1. The van der Waals surface area contributed by atoms with Gasteiger partial charge in [-0.2, -0.15) is 0 Å². The Labute approximate surface area is 357 Å². The normalized spacial score (nSPS) is 14.8. The largest absolute Gasteiger partial charge is 0.378 e. The molecule has 326 valence electrons. The number of carbonyl (C=O) groups is 2. The molecule has 1 aliphatic heterocycles. The minimum absolute atomic E-state index is 0.0595. The fraction of sp³-hybridized carbons (Fsp3) is 0.500. The van der Waals surface area contributed by atoms with E-state index in [0.29, 0.717) is 23.1 Å². The van der Waals surface area contributed by atoms with E-state index in [1.165, 1.54) is 19.9 Å². The lowest BCUT2D eigenvalue weighted by Crippen LogP contribution is -2.49. The van der Waals surface area contributed by atoms with Crippen LogP contribution in [0.25, 0.3) is 0 Å². The van der Waals surface area contributed by atoms with Crippen molar-refractivity contribution in [3.8, 4) is 0 Å². The highest BCUT2D eigenvalue weighted by atomic mass is 35.5. The first kappa shape index (κ1) is 48.5. The van der Waals surface area contributed by atoms with Gasteiger partial charge in [0.15, 0.2) is 0 Å². The number of nitrogens with one attached hydrogen (secondary N) is 4.